The first kappa shape index (κ1) is 10.4. The van der Waals surface area contributed by atoms with E-state index in [2.05, 4.69) is 59.9 Å². The fourth-order valence-corrected chi connectivity index (χ4v) is 2.08. The summed E-state index contributed by atoms with van der Waals surface area (Å²) in [5, 5.41) is 3.57. The Morgan fingerprint density at radius 2 is 1.59 bits per heavy atom. The van der Waals surface area contributed by atoms with Gasteiger partial charge in [-0.05, 0) is 30.4 Å². The van der Waals surface area contributed by atoms with Crippen LogP contribution < -0.4 is 5.32 Å². The number of rotatable bonds is 4. The van der Waals surface area contributed by atoms with Crippen LogP contribution in [-0.2, 0) is 0 Å². The van der Waals surface area contributed by atoms with Gasteiger partial charge >= 0.3 is 0 Å². The Balaban J connectivity index is 1.87. The molecular formula is C16H17N. The molecule has 2 aromatic carbocycles. The molecule has 0 aliphatic heterocycles. The zero-order chi connectivity index (χ0) is 11.5. The molecular weight excluding hydrogens is 206 g/mol. The molecule has 0 saturated heterocycles. The minimum Gasteiger partial charge on any atom is -0.384 e. The fourth-order valence-electron chi connectivity index (χ4n) is 2.08. The second-order valence-electron chi connectivity index (χ2n) is 4.74. The fraction of sp³-hybridized carbons (Fsp3) is 0.250. The minimum atomic E-state index is 0.902. The van der Waals surface area contributed by atoms with E-state index in [4.69, 9.17) is 0 Å². The Hall–Kier alpha value is -1.76. The van der Waals surface area contributed by atoms with Gasteiger partial charge in [0.25, 0.3) is 0 Å². The van der Waals surface area contributed by atoms with Gasteiger partial charge in [0, 0.05) is 17.8 Å². The van der Waals surface area contributed by atoms with E-state index in [1.54, 1.807) is 0 Å². The summed E-state index contributed by atoms with van der Waals surface area (Å²) in [6.45, 7) is 1.11. The van der Waals surface area contributed by atoms with Crippen LogP contribution in [0.15, 0.2) is 54.6 Å². The highest BCUT2D eigenvalue weighted by atomic mass is 14.9. The van der Waals surface area contributed by atoms with Crippen LogP contribution in [0.1, 0.15) is 12.8 Å². The standard InChI is InChI=1S/C16H17N/c1-2-6-14(7-3-1)15-8-4-5-9-16(15)17-12-13-10-11-13/h1-9,13,17H,10-12H2. The Kier molecular flexibility index (Phi) is 2.83. The van der Waals surface area contributed by atoms with Gasteiger partial charge in [0.05, 0.1) is 0 Å². The molecule has 1 aliphatic carbocycles. The number of anilines is 1. The van der Waals surface area contributed by atoms with Gasteiger partial charge in [-0.3, -0.25) is 0 Å². The molecule has 0 heterocycles. The molecule has 1 N–H and O–H groups in total. The van der Waals surface area contributed by atoms with E-state index >= 15 is 0 Å². The molecule has 0 atom stereocenters. The topological polar surface area (TPSA) is 12.0 Å². The lowest BCUT2D eigenvalue weighted by Crippen LogP contribution is -2.04. The van der Waals surface area contributed by atoms with Crippen LogP contribution in [0, 0.1) is 5.92 Å². The maximum atomic E-state index is 3.57. The summed E-state index contributed by atoms with van der Waals surface area (Å²) in [5.74, 6) is 0.902. The first-order valence-electron chi connectivity index (χ1n) is 6.32. The van der Waals surface area contributed by atoms with E-state index in [0.717, 1.165) is 12.5 Å². The van der Waals surface area contributed by atoms with Gasteiger partial charge in [-0.1, -0.05) is 48.5 Å². The Labute approximate surface area is 102 Å². The van der Waals surface area contributed by atoms with E-state index in [-0.39, 0.29) is 0 Å². The third kappa shape index (κ3) is 2.50. The Morgan fingerprint density at radius 3 is 2.35 bits per heavy atom. The molecule has 2 aromatic rings. The van der Waals surface area contributed by atoms with Crippen molar-refractivity contribution in [2.45, 2.75) is 12.8 Å². The Bertz CT molecular complexity index is 486. The predicted molar refractivity (Wildman–Crippen MR) is 73.1 cm³/mol. The number of hydrogen-bond acceptors (Lipinski definition) is 1. The molecule has 0 amide bonds. The van der Waals surface area contributed by atoms with Crippen molar-refractivity contribution < 1.29 is 0 Å². The van der Waals surface area contributed by atoms with Crippen LogP contribution in [0.4, 0.5) is 5.69 Å². The largest absolute Gasteiger partial charge is 0.384 e. The zero-order valence-electron chi connectivity index (χ0n) is 9.89. The number of para-hydroxylation sites is 1. The van der Waals surface area contributed by atoms with Crippen LogP contribution in [0.5, 0.6) is 0 Å². The Morgan fingerprint density at radius 1 is 0.882 bits per heavy atom. The molecule has 1 fully saturated rings. The molecule has 1 nitrogen and oxygen atoms in total. The van der Waals surface area contributed by atoms with Crippen LogP contribution in [0.2, 0.25) is 0 Å². The van der Waals surface area contributed by atoms with Crippen molar-refractivity contribution in [2.24, 2.45) is 5.92 Å². The minimum absolute atomic E-state index is 0.902. The van der Waals surface area contributed by atoms with E-state index in [9.17, 15) is 0 Å². The SMILES string of the molecule is c1ccc(-c2ccccc2NCC2CC2)cc1. The third-order valence-electron chi connectivity index (χ3n) is 3.29. The molecule has 0 bridgehead atoms. The van der Waals surface area contributed by atoms with Gasteiger partial charge in [0.2, 0.25) is 0 Å². The first-order valence-corrected chi connectivity index (χ1v) is 6.32. The maximum absolute atomic E-state index is 3.57. The van der Waals surface area contributed by atoms with Gasteiger partial charge in [0.15, 0.2) is 0 Å². The van der Waals surface area contributed by atoms with Crippen molar-refractivity contribution in [1.82, 2.24) is 0 Å². The van der Waals surface area contributed by atoms with E-state index in [1.165, 1.54) is 29.7 Å². The van der Waals surface area contributed by atoms with Crippen LogP contribution >= 0.6 is 0 Å². The van der Waals surface area contributed by atoms with Crippen LogP contribution in [-0.4, -0.2) is 6.54 Å². The summed E-state index contributed by atoms with van der Waals surface area (Å²) in [6, 6.07) is 19.1. The second kappa shape index (κ2) is 4.62. The highest BCUT2D eigenvalue weighted by Gasteiger charge is 2.20. The zero-order valence-corrected chi connectivity index (χ0v) is 9.89. The average Bonchev–Trinajstić information content (AvgIpc) is 3.22. The summed E-state index contributed by atoms with van der Waals surface area (Å²) in [7, 11) is 0. The molecule has 0 radical (unpaired) electrons. The molecule has 17 heavy (non-hydrogen) atoms. The lowest BCUT2D eigenvalue weighted by Gasteiger charge is -2.11. The highest BCUT2D eigenvalue weighted by Crippen LogP contribution is 2.31. The molecule has 3 rings (SSSR count). The third-order valence-corrected chi connectivity index (χ3v) is 3.29. The molecule has 1 saturated carbocycles. The molecule has 0 aromatic heterocycles. The molecule has 1 aliphatic rings. The van der Waals surface area contributed by atoms with E-state index in [1.807, 2.05) is 0 Å². The number of hydrogen-bond donors (Lipinski definition) is 1. The maximum Gasteiger partial charge on any atom is 0.0419 e. The number of benzene rings is 2. The van der Waals surface area contributed by atoms with Gasteiger partial charge in [0.1, 0.15) is 0 Å². The normalized spacial score (nSPS) is 14.6. The lowest BCUT2D eigenvalue weighted by molar-refractivity contribution is 0.890. The smallest absolute Gasteiger partial charge is 0.0419 e. The van der Waals surface area contributed by atoms with E-state index < -0.39 is 0 Å². The van der Waals surface area contributed by atoms with Crippen LogP contribution in [0.25, 0.3) is 11.1 Å². The summed E-state index contributed by atoms with van der Waals surface area (Å²) in [5.41, 5.74) is 3.84. The van der Waals surface area contributed by atoms with Crippen molar-refractivity contribution in [1.29, 1.82) is 0 Å². The monoisotopic (exact) mass is 223 g/mol. The van der Waals surface area contributed by atoms with Crippen LogP contribution in [0.3, 0.4) is 0 Å². The van der Waals surface area contributed by atoms with E-state index in [0.29, 0.717) is 0 Å². The van der Waals surface area contributed by atoms with Gasteiger partial charge in [-0.25, -0.2) is 0 Å². The van der Waals surface area contributed by atoms with Crippen molar-refractivity contribution in [3.8, 4) is 11.1 Å². The van der Waals surface area contributed by atoms with Gasteiger partial charge in [-0.2, -0.15) is 0 Å². The van der Waals surface area contributed by atoms with Gasteiger partial charge < -0.3 is 5.32 Å². The van der Waals surface area contributed by atoms with Gasteiger partial charge in [-0.15, -0.1) is 0 Å². The second-order valence-corrected chi connectivity index (χ2v) is 4.74. The molecule has 0 spiro atoms. The quantitative estimate of drug-likeness (QED) is 0.820. The average molecular weight is 223 g/mol. The summed E-state index contributed by atoms with van der Waals surface area (Å²) >= 11 is 0. The predicted octanol–water partition coefficient (Wildman–Crippen LogP) is 4.18. The first-order chi connectivity index (χ1) is 8.43. The summed E-state index contributed by atoms with van der Waals surface area (Å²) < 4.78 is 0. The molecule has 1 heteroatoms. The van der Waals surface area contributed by atoms with Crippen molar-refractivity contribution in [3.63, 3.8) is 0 Å². The molecule has 86 valence electrons. The number of nitrogens with one attached hydrogen (secondary N) is 1. The summed E-state index contributed by atoms with van der Waals surface area (Å²) in [6.07, 6.45) is 2.78. The van der Waals surface area contributed by atoms with Crippen molar-refractivity contribution in [3.05, 3.63) is 54.6 Å². The van der Waals surface area contributed by atoms with Crippen molar-refractivity contribution in [2.75, 3.05) is 11.9 Å². The summed E-state index contributed by atoms with van der Waals surface area (Å²) in [4.78, 5) is 0. The van der Waals surface area contributed by atoms with Crippen molar-refractivity contribution >= 4 is 5.69 Å². The highest BCUT2D eigenvalue weighted by molar-refractivity contribution is 5.77. The molecule has 0 unspecified atom stereocenters. The lowest BCUT2D eigenvalue weighted by atomic mass is 10.0.